The number of rotatable bonds is 12. The molecule has 3 rings (SSSR count). The summed E-state index contributed by atoms with van der Waals surface area (Å²) in [6, 6.07) is 16.0. The van der Waals surface area contributed by atoms with Crippen molar-refractivity contribution in [3.05, 3.63) is 84.3 Å². The van der Waals surface area contributed by atoms with E-state index in [2.05, 4.69) is 25.7 Å². The number of hydrogen-bond donors (Lipinski definition) is 3. The molecule has 13 heteroatoms. The van der Waals surface area contributed by atoms with Crippen LogP contribution in [0.2, 0.25) is 0 Å². The second-order valence-electron chi connectivity index (χ2n) is 8.73. The van der Waals surface area contributed by atoms with Crippen LogP contribution in [0.5, 0.6) is 0 Å². The van der Waals surface area contributed by atoms with Crippen molar-refractivity contribution in [3.8, 4) is 11.1 Å². The number of carbonyl (C=O) groups is 4. The van der Waals surface area contributed by atoms with Crippen LogP contribution >= 0.6 is 0 Å². The molecule has 0 radical (unpaired) electrons. The van der Waals surface area contributed by atoms with Gasteiger partial charge in [0.25, 0.3) is 0 Å². The lowest BCUT2D eigenvalue weighted by molar-refractivity contribution is -0.202. The van der Waals surface area contributed by atoms with Crippen molar-refractivity contribution in [2.24, 2.45) is 0 Å². The first-order valence-electron chi connectivity index (χ1n) is 12.4. The maximum Gasteiger partial charge on any atom is 0.491 e. The standard InChI is InChI=1S/C28H26F4N4O5/c29-21-12-10-19(11-13-21)18-6-8-20(9-7-18)22(16-26(39)41-27(40)28(30,31)32)36-25(38)17-35-24(37)5-3-15-34-23-4-1-2-14-33-23/h1-2,4,6-14,22H,3,5,15-17H2,(H,33,34)(H,35,37)(H,36,38). The summed E-state index contributed by atoms with van der Waals surface area (Å²) in [5.41, 5.74) is 1.65. The second kappa shape index (κ2) is 14.5. The molecule has 0 bridgehead atoms. The van der Waals surface area contributed by atoms with Crippen LogP contribution < -0.4 is 16.0 Å². The zero-order chi connectivity index (χ0) is 29.8. The van der Waals surface area contributed by atoms with Gasteiger partial charge in [-0.1, -0.05) is 42.5 Å². The largest absolute Gasteiger partial charge is 0.491 e. The normalized spacial score (nSPS) is 11.7. The maximum atomic E-state index is 13.2. The topological polar surface area (TPSA) is 126 Å². The molecule has 1 heterocycles. The van der Waals surface area contributed by atoms with Crippen molar-refractivity contribution in [1.29, 1.82) is 0 Å². The Hall–Kier alpha value is -4.81. The van der Waals surface area contributed by atoms with Crippen molar-refractivity contribution >= 4 is 29.6 Å². The number of hydrogen-bond acceptors (Lipinski definition) is 7. The molecule has 216 valence electrons. The predicted octanol–water partition coefficient (Wildman–Crippen LogP) is 4.08. The number of carbonyl (C=O) groups excluding carboxylic acids is 4. The quantitative estimate of drug-likeness (QED) is 0.129. The molecule has 0 aliphatic heterocycles. The maximum absolute atomic E-state index is 13.2. The fourth-order valence-electron chi connectivity index (χ4n) is 3.62. The van der Waals surface area contributed by atoms with Gasteiger partial charge in [-0.15, -0.1) is 0 Å². The number of benzene rings is 2. The highest BCUT2D eigenvalue weighted by molar-refractivity contribution is 5.89. The molecule has 0 saturated carbocycles. The first-order valence-corrected chi connectivity index (χ1v) is 12.4. The van der Waals surface area contributed by atoms with E-state index >= 15 is 0 Å². The zero-order valence-electron chi connectivity index (χ0n) is 21.5. The minimum Gasteiger partial charge on any atom is -0.386 e. The Balaban J connectivity index is 1.58. The third-order valence-corrected chi connectivity index (χ3v) is 5.63. The summed E-state index contributed by atoms with van der Waals surface area (Å²) in [5, 5.41) is 7.95. The van der Waals surface area contributed by atoms with Gasteiger partial charge in [0.1, 0.15) is 11.6 Å². The Morgan fingerprint density at radius 1 is 0.878 bits per heavy atom. The minimum atomic E-state index is -5.37. The van der Waals surface area contributed by atoms with Gasteiger partial charge in [-0.2, -0.15) is 13.2 Å². The van der Waals surface area contributed by atoms with Crippen LogP contribution in [0.15, 0.2) is 72.9 Å². The van der Waals surface area contributed by atoms with Crippen molar-refractivity contribution in [2.75, 3.05) is 18.4 Å². The third kappa shape index (κ3) is 10.4. The first-order chi connectivity index (χ1) is 19.5. The van der Waals surface area contributed by atoms with Crippen LogP contribution in [0.1, 0.15) is 30.9 Å². The summed E-state index contributed by atoms with van der Waals surface area (Å²) in [4.78, 5) is 51.9. The fourth-order valence-corrected chi connectivity index (χ4v) is 3.62. The Morgan fingerprint density at radius 2 is 1.54 bits per heavy atom. The smallest absolute Gasteiger partial charge is 0.386 e. The van der Waals surface area contributed by atoms with Crippen molar-refractivity contribution in [3.63, 3.8) is 0 Å². The highest BCUT2D eigenvalue weighted by atomic mass is 19.4. The number of alkyl halides is 3. The van der Waals surface area contributed by atoms with Gasteiger partial charge in [0.05, 0.1) is 19.0 Å². The van der Waals surface area contributed by atoms with Crippen molar-refractivity contribution < 1.29 is 41.5 Å². The lowest BCUT2D eigenvalue weighted by Crippen LogP contribution is -2.39. The zero-order valence-corrected chi connectivity index (χ0v) is 21.5. The van der Waals surface area contributed by atoms with Crippen LogP contribution in [-0.4, -0.2) is 48.0 Å². The van der Waals surface area contributed by atoms with Gasteiger partial charge in [0.15, 0.2) is 0 Å². The molecule has 0 saturated heterocycles. The summed E-state index contributed by atoms with van der Waals surface area (Å²) in [5.74, 6) is -5.10. The highest BCUT2D eigenvalue weighted by Gasteiger charge is 2.42. The summed E-state index contributed by atoms with van der Waals surface area (Å²) >= 11 is 0. The van der Waals surface area contributed by atoms with Crippen LogP contribution in [0, 0.1) is 5.82 Å². The van der Waals surface area contributed by atoms with Crippen LogP contribution in [0.3, 0.4) is 0 Å². The van der Waals surface area contributed by atoms with E-state index in [0.717, 1.165) is 0 Å². The molecule has 2 amide bonds. The van der Waals surface area contributed by atoms with Gasteiger partial charge in [0, 0.05) is 19.2 Å². The number of pyridine rings is 1. The summed E-state index contributed by atoms with van der Waals surface area (Å²) in [7, 11) is 0. The Bertz CT molecular complexity index is 1330. The summed E-state index contributed by atoms with van der Waals surface area (Å²) in [6.45, 7) is -0.00142. The van der Waals surface area contributed by atoms with E-state index in [-0.39, 0.29) is 6.42 Å². The number of halogens is 4. The SMILES string of the molecule is O=C(CCCNc1ccccn1)NCC(=O)NC(CC(=O)OC(=O)C(F)(F)F)c1ccc(-c2ccc(F)cc2)cc1. The predicted molar refractivity (Wildman–Crippen MR) is 139 cm³/mol. The molecule has 9 nitrogen and oxygen atoms in total. The molecule has 0 fully saturated rings. The van der Waals surface area contributed by atoms with E-state index in [9.17, 15) is 36.7 Å². The van der Waals surface area contributed by atoms with E-state index in [1.54, 1.807) is 42.6 Å². The first kappa shape index (κ1) is 30.7. The molecule has 41 heavy (non-hydrogen) atoms. The van der Waals surface area contributed by atoms with Crippen LogP contribution in [0.25, 0.3) is 11.1 Å². The van der Waals surface area contributed by atoms with E-state index < -0.39 is 54.8 Å². The van der Waals surface area contributed by atoms with E-state index in [1.807, 2.05) is 6.07 Å². The van der Waals surface area contributed by atoms with Crippen molar-refractivity contribution in [1.82, 2.24) is 15.6 Å². The third-order valence-electron chi connectivity index (χ3n) is 5.63. The average Bonchev–Trinajstić information content (AvgIpc) is 2.94. The molecule has 3 aromatic rings. The average molecular weight is 575 g/mol. The Morgan fingerprint density at radius 3 is 2.15 bits per heavy atom. The fraction of sp³-hybridized carbons (Fsp3) is 0.250. The number of esters is 2. The molecule has 1 unspecified atom stereocenters. The van der Waals surface area contributed by atoms with Gasteiger partial charge >= 0.3 is 18.1 Å². The number of amides is 2. The Kier molecular flexibility index (Phi) is 10.9. The van der Waals surface area contributed by atoms with Gasteiger partial charge in [-0.25, -0.2) is 14.2 Å². The molecule has 1 aromatic heterocycles. The monoisotopic (exact) mass is 574 g/mol. The number of nitrogens with one attached hydrogen (secondary N) is 3. The van der Waals surface area contributed by atoms with Gasteiger partial charge in [-0.05, 0) is 47.4 Å². The Labute approximate surface area is 232 Å². The molecule has 0 aliphatic carbocycles. The highest BCUT2D eigenvalue weighted by Crippen LogP contribution is 2.25. The van der Waals surface area contributed by atoms with Crippen molar-refractivity contribution in [2.45, 2.75) is 31.5 Å². The van der Waals surface area contributed by atoms with Gasteiger partial charge < -0.3 is 20.7 Å². The van der Waals surface area contributed by atoms with E-state index in [0.29, 0.717) is 35.5 Å². The van der Waals surface area contributed by atoms with Crippen LogP contribution in [0.4, 0.5) is 23.4 Å². The molecule has 1 atom stereocenters. The number of anilines is 1. The lowest BCUT2D eigenvalue weighted by Gasteiger charge is -2.19. The second-order valence-corrected chi connectivity index (χ2v) is 8.73. The lowest BCUT2D eigenvalue weighted by atomic mass is 9.99. The van der Waals surface area contributed by atoms with Crippen LogP contribution in [-0.2, 0) is 23.9 Å². The molecular formula is C28H26F4N4O5. The van der Waals surface area contributed by atoms with E-state index in [4.69, 9.17) is 0 Å². The molecule has 0 spiro atoms. The number of nitrogens with zero attached hydrogens (tertiary/aromatic N) is 1. The van der Waals surface area contributed by atoms with Gasteiger partial charge in [0.2, 0.25) is 11.8 Å². The van der Waals surface area contributed by atoms with E-state index in [1.165, 1.54) is 24.3 Å². The summed E-state index contributed by atoms with van der Waals surface area (Å²) in [6.07, 6.45) is -3.99. The molecular weight excluding hydrogens is 548 g/mol. The minimum absolute atomic E-state index is 0.104. The molecule has 3 N–H and O–H groups in total. The molecule has 2 aromatic carbocycles. The summed E-state index contributed by atoms with van der Waals surface area (Å²) < 4.78 is 54.6. The molecule has 0 aliphatic rings. The number of ether oxygens (including phenoxy) is 1. The number of aromatic nitrogens is 1. The van der Waals surface area contributed by atoms with Gasteiger partial charge in [-0.3, -0.25) is 14.4 Å².